The van der Waals surface area contributed by atoms with E-state index in [1.807, 2.05) is 12.1 Å². The molecule has 0 unspecified atom stereocenters. The zero-order chi connectivity index (χ0) is 24.2. The van der Waals surface area contributed by atoms with Gasteiger partial charge in [0.05, 0.1) is 26.2 Å². The summed E-state index contributed by atoms with van der Waals surface area (Å²) in [5.74, 6) is -0.714. The Hall–Kier alpha value is -2.78. The lowest BCUT2D eigenvalue weighted by Gasteiger charge is -2.10. The van der Waals surface area contributed by atoms with E-state index in [9.17, 15) is 9.59 Å². The van der Waals surface area contributed by atoms with E-state index < -0.39 is 5.97 Å². The van der Waals surface area contributed by atoms with E-state index in [1.54, 1.807) is 42.5 Å². The maximum Gasteiger partial charge on any atom is 0.335 e. The minimum Gasteiger partial charge on any atom is -0.488 e. The van der Waals surface area contributed by atoms with E-state index in [0.717, 1.165) is 10.0 Å². The second kappa shape index (κ2) is 10.7. The van der Waals surface area contributed by atoms with Gasteiger partial charge in [0.1, 0.15) is 12.4 Å². The van der Waals surface area contributed by atoms with Crippen molar-refractivity contribution in [1.82, 2.24) is 5.32 Å². The standard InChI is InChI=1S/C24H15BrCl2N2O4S/c25-16-8-9-19(33-12-13-4-6-14(7-5-13)23(31)32)15(10-16)11-20-22(30)29-24(34-20)28-18-3-1-2-17(26)21(18)27/h1-11H,12H2,(H,31,32)(H,28,29,30)/b20-11+. The number of ether oxygens (including phenoxy) is 1. The molecule has 0 atom stereocenters. The van der Waals surface area contributed by atoms with Crippen molar-refractivity contribution >= 4 is 79.7 Å². The summed E-state index contributed by atoms with van der Waals surface area (Å²) in [6.45, 7) is 0.233. The number of thioether (sulfide) groups is 1. The van der Waals surface area contributed by atoms with Crippen LogP contribution in [0.25, 0.3) is 6.08 Å². The van der Waals surface area contributed by atoms with Gasteiger partial charge in [-0.2, -0.15) is 0 Å². The highest BCUT2D eigenvalue weighted by Crippen LogP contribution is 2.35. The summed E-state index contributed by atoms with van der Waals surface area (Å²) >= 11 is 16.9. The van der Waals surface area contributed by atoms with Gasteiger partial charge in [-0.25, -0.2) is 9.79 Å². The van der Waals surface area contributed by atoms with Gasteiger partial charge in [0.2, 0.25) is 0 Å². The lowest BCUT2D eigenvalue weighted by Crippen LogP contribution is -2.19. The Kier molecular flexibility index (Phi) is 7.63. The molecule has 2 N–H and O–H groups in total. The van der Waals surface area contributed by atoms with Crippen molar-refractivity contribution in [3.05, 3.63) is 96.8 Å². The molecular formula is C24H15BrCl2N2O4S. The van der Waals surface area contributed by atoms with Crippen LogP contribution < -0.4 is 10.1 Å². The number of carboxylic acids is 1. The average Bonchev–Trinajstić information content (AvgIpc) is 3.15. The zero-order valence-electron chi connectivity index (χ0n) is 17.2. The van der Waals surface area contributed by atoms with Gasteiger partial charge in [0.25, 0.3) is 5.91 Å². The van der Waals surface area contributed by atoms with Crippen LogP contribution in [0.3, 0.4) is 0 Å². The first-order valence-corrected chi connectivity index (χ1v) is 12.1. The van der Waals surface area contributed by atoms with Gasteiger partial charge >= 0.3 is 5.97 Å². The number of amidine groups is 1. The normalized spacial score (nSPS) is 15.6. The Labute approximate surface area is 217 Å². The molecule has 0 spiro atoms. The van der Waals surface area contributed by atoms with Crippen molar-refractivity contribution in [2.45, 2.75) is 6.61 Å². The summed E-state index contributed by atoms with van der Waals surface area (Å²) in [6.07, 6.45) is 1.72. The Morgan fingerprint density at radius 2 is 1.91 bits per heavy atom. The van der Waals surface area contributed by atoms with Gasteiger partial charge < -0.3 is 15.2 Å². The van der Waals surface area contributed by atoms with Gasteiger partial charge in [-0.15, -0.1) is 0 Å². The van der Waals surface area contributed by atoms with Crippen LogP contribution in [0.15, 0.2) is 75.0 Å². The molecule has 0 saturated carbocycles. The Morgan fingerprint density at radius 3 is 2.65 bits per heavy atom. The van der Waals surface area contributed by atoms with E-state index >= 15 is 0 Å². The molecule has 3 aromatic rings. The Morgan fingerprint density at radius 1 is 1.15 bits per heavy atom. The smallest absolute Gasteiger partial charge is 0.335 e. The largest absolute Gasteiger partial charge is 0.488 e. The van der Waals surface area contributed by atoms with Gasteiger partial charge in [0, 0.05) is 10.0 Å². The van der Waals surface area contributed by atoms with Crippen LogP contribution in [-0.4, -0.2) is 22.2 Å². The summed E-state index contributed by atoms with van der Waals surface area (Å²) < 4.78 is 6.78. The molecule has 10 heteroatoms. The number of hydrogen-bond donors (Lipinski definition) is 2. The van der Waals surface area contributed by atoms with Crippen LogP contribution in [0.1, 0.15) is 21.5 Å². The molecule has 1 heterocycles. The topological polar surface area (TPSA) is 88.0 Å². The maximum absolute atomic E-state index is 12.6. The fourth-order valence-corrected chi connectivity index (χ4v) is 4.52. The van der Waals surface area contributed by atoms with E-state index in [2.05, 4.69) is 26.2 Å². The van der Waals surface area contributed by atoms with Crippen LogP contribution in [-0.2, 0) is 11.4 Å². The first-order valence-electron chi connectivity index (χ1n) is 9.78. The van der Waals surface area contributed by atoms with Crippen LogP contribution in [0.2, 0.25) is 10.0 Å². The number of carboxylic acid groups (broad SMARTS) is 1. The van der Waals surface area contributed by atoms with Crippen molar-refractivity contribution in [1.29, 1.82) is 0 Å². The molecule has 4 rings (SSSR count). The quantitative estimate of drug-likeness (QED) is 0.310. The monoisotopic (exact) mass is 576 g/mol. The molecular weight excluding hydrogens is 563 g/mol. The van der Waals surface area contributed by atoms with Crippen LogP contribution in [0.4, 0.5) is 5.69 Å². The molecule has 1 aliphatic rings. The molecule has 172 valence electrons. The predicted molar refractivity (Wildman–Crippen MR) is 139 cm³/mol. The fourth-order valence-electron chi connectivity index (χ4n) is 2.98. The van der Waals surface area contributed by atoms with Crippen molar-refractivity contribution in [3.8, 4) is 5.75 Å². The van der Waals surface area contributed by atoms with Crippen LogP contribution in [0.5, 0.6) is 5.75 Å². The molecule has 0 aromatic heterocycles. The molecule has 1 saturated heterocycles. The molecule has 1 aliphatic heterocycles. The van der Waals surface area contributed by atoms with Gasteiger partial charge in [0.15, 0.2) is 5.17 Å². The van der Waals surface area contributed by atoms with Crippen molar-refractivity contribution in [3.63, 3.8) is 0 Å². The summed E-state index contributed by atoms with van der Waals surface area (Å²) in [7, 11) is 0. The van der Waals surface area contributed by atoms with E-state index in [-0.39, 0.29) is 18.1 Å². The van der Waals surface area contributed by atoms with Gasteiger partial charge in [-0.1, -0.05) is 57.3 Å². The van der Waals surface area contributed by atoms with Crippen molar-refractivity contribution < 1.29 is 19.4 Å². The molecule has 0 radical (unpaired) electrons. The van der Waals surface area contributed by atoms with Crippen molar-refractivity contribution in [2.24, 2.45) is 4.99 Å². The lowest BCUT2D eigenvalue weighted by molar-refractivity contribution is -0.115. The number of aromatic carboxylic acids is 1. The minimum absolute atomic E-state index is 0.207. The summed E-state index contributed by atoms with van der Waals surface area (Å²) in [4.78, 5) is 28.4. The number of carbonyl (C=O) groups is 2. The Bertz CT molecular complexity index is 1340. The number of amides is 1. The number of benzene rings is 3. The second-order valence-electron chi connectivity index (χ2n) is 7.03. The van der Waals surface area contributed by atoms with E-state index in [0.29, 0.717) is 37.1 Å². The minimum atomic E-state index is -0.984. The van der Waals surface area contributed by atoms with Crippen LogP contribution in [0, 0.1) is 0 Å². The number of rotatable bonds is 6. The molecule has 34 heavy (non-hydrogen) atoms. The third-order valence-corrected chi connectivity index (χ3v) is 6.87. The maximum atomic E-state index is 12.6. The highest BCUT2D eigenvalue weighted by atomic mass is 79.9. The summed E-state index contributed by atoms with van der Waals surface area (Å²) in [6, 6.07) is 17.0. The summed E-state index contributed by atoms with van der Waals surface area (Å²) in [5.41, 5.74) is 2.17. The lowest BCUT2D eigenvalue weighted by atomic mass is 10.1. The molecule has 1 fully saturated rings. The first-order chi connectivity index (χ1) is 16.3. The highest BCUT2D eigenvalue weighted by molar-refractivity contribution is 9.10. The number of nitrogens with one attached hydrogen (secondary N) is 1. The third kappa shape index (κ3) is 5.82. The highest BCUT2D eigenvalue weighted by Gasteiger charge is 2.25. The molecule has 0 aliphatic carbocycles. The second-order valence-corrected chi connectivity index (χ2v) is 9.76. The third-order valence-electron chi connectivity index (χ3n) is 4.66. The SMILES string of the molecule is O=C1NC(=Nc2cccc(Cl)c2Cl)S/C1=C/c1cc(Br)ccc1OCc1ccc(C(=O)O)cc1. The van der Waals surface area contributed by atoms with Gasteiger partial charge in [-0.05, 0) is 65.9 Å². The summed E-state index contributed by atoms with van der Waals surface area (Å²) in [5, 5.41) is 12.8. The van der Waals surface area contributed by atoms with Crippen LogP contribution >= 0.6 is 50.9 Å². The predicted octanol–water partition coefficient (Wildman–Crippen LogP) is 6.92. The molecule has 0 bridgehead atoms. The molecule has 1 amide bonds. The fraction of sp³-hybridized carbons (Fsp3) is 0.0417. The number of nitrogens with zero attached hydrogens (tertiary/aromatic N) is 1. The molecule has 3 aromatic carbocycles. The van der Waals surface area contributed by atoms with Gasteiger partial charge in [-0.3, -0.25) is 4.79 Å². The van der Waals surface area contributed by atoms with E-state index in [4.69, 9.17) is 33.0 Å². The first kappa shape index (κ1) is 24.3. The number of aliphatic imine (C=N–C) groups is 1. The van der Waals surface area contributed by atoms with E-state index in [1.165, 1.54) is 23.9 Å². The average molecular weight is 578 g/mol. The Balaban J connectivity index is 1.55. The van der Waals surface area contributed by atoms with Crippen molar-refractivity contribution in [2.75, 3.05) is 0 Å². The number of halogens is 3. The molecule has 6 nitrogen and oxygen atoms in total. The zero-order valence-corrected chi connectivity index (χ0v) is 21.1. The number of hydrogen-bond acceptors (Lipinski definition) is 5. The number of carbonyl (C=O) groups excluding carboxylic acids is 1.